The first-order valence-electron chi connectivity index (χ1n) is 8.64. The number of benzene rings is 1. The molecule has 0 aliphatic carbocycles. The van der Waals surface area contributed by atoms with Crippen LogP contribution >= 0.6 is 0 Å². The molecule has 8 heteroatoms. The minimum Gasteiger partial charge on any atom is -0.490 e. The van der Waals surface area contributed by atoms with Gasteiger partial charge in [-0.05, 0) is 32.0 Å². The molecule has 3 aromatic rings. The number of alkyl halides is 2. The number of pyridine rings is 1. The molecule has 0 aliphatic heterocycles. The molecular weight excluding hydrogens is 354 g/mol. The third kappa shape index (κ3) is 4.39. The van der Waals surface area contributed by atoms with Gasteiger partial charge in [-0.1, -0.05) is 0 Å². The van der Waals surface area contributed by atoms with E-state index in [1.165, 1.54) is 12.3 Å². The molecule has 0 bridgehead atoms. The van der Waals surface area contributed by atoms with Crippen molar-refractivity contribution in [1.29, 1.82) is 0 Å². The minimum absolute atomic E-state index is 0.205. The van der Waals surface area contributed by atoms with Crippen molar-refractivity contribution in [3.63, 3.8) is 0 Å². The van der Waals surface area contributed by atoms with Crippen LogP contribution in [0.1, 0.15) is 31.8 Å². The Morgan fingerprint density at radius 3 is 2.41 bits per heavy atom. The summed E-state index contributed by atoms with van der Waals surface area (Å²) in [6.07, 6.45) is 0.369. The van der Waals surface area contributed by atoms with E-state index in [-0.39, 0.29) is 18.1 Å². The van der Waals surface area contributed by atoms with Gasteiger partial charge in [-0.2, -0.15) is 0 Å². The molecule has 27 heavy (non-hydrogen) atoms. The van der Waals surface area contributed by atoms with Gasteiger partial charge in [-0.25, -0.2) is 18.7 Å². The van der Waals surface area contributed by atoms with E-state index in [9.17, 15) is 8.78 Å². The summed E-state index contributed by atoms with van der Waals surface area (Å²) in [4.78, 5) is 12.3. The second kappa shape index (κ2) is 8.57. The Morgan fingerprint density at radius 1 is 1.00 bits per heavy atom. The highest BCUT2D eigenvalue weighted by Gasteiger charge is 2.12. The van der Waals surface area contributed by atoms with Crippen molar-refractivity contribution in [2.24, 2.45) is 0 Å². The molecule has 2 aromatic heterocycles. The maximum atomic E-state index is 12.8. The molecular formula is C19H20F2N4O2. The summed E-state index contributed by atoms with van der Waals surface area (Å²) < 4.78 is 36.9. The lowest BCUT2D eigenvalue weighted by Crippen LogP contribution is -2.07. The molecule has 0 atom stereocenters. The standard InChI is InChI=1S/C19H20F2N4O2/c1-3-26-16-9-12-13(5-7-22-15(12)10-17(16)27-4-2)24-11-18-23-8-6-14(25-18)19(20)21/h5-10,19H,3-4,11H2,1-2H3,(H,22,24). The van der Waals surface area contributed by atoms with Gasteiger partial charge in [-0.15, -0.1) is 0 Å². The van der Waals surface area contributed by atoms with Crippen LogP contribution in [0.3, 0.4) is 0 Å². The van der Waals surface area contributed by atoms with Crippen molar-refractivity contribution in [2.45, 2.75) is 26.8 Å². The second-order valence-electron chi connectivity index (χ2n) is 5.59. The van der Waals surface area contributed by atoms with Crippen molar-refractivity contribution in [3.05, 3.63) is 48.2 Å². The summed E-state index contributed by atoms with van der Waals surface area (Å²) in [7, 11) is 0. The van der Waals surface area contributed by atoms with Crippen molar-refractivity contribution in [3.8, 4) is 11.5 Å². The number of ether oxygens (including phenoxy) is 2. The van der Waals surface area contributed by atoms with Gasteiger partial charge in [0.1, 0.15) is 11.5 Å². The summed E-state index contributed by atoms with van der Waals surface area (Å²) in [5.41, 5.74) is 1.21. The van der Waals surface area contributed by atoms with E-state index >= 15 is 0 Å². The molecule has 1 N–H and O–H groups in total. The van der Waals surface area contributed by atoms with Gasteiger partial charge in [-0.3, -0.25) is 4.98 Å². The molecule has 0 fully saturated rings. The summed E-state index contributed by atoms with van der Waals surface area (Å²) in [6, 6.07) is 6.69. The largest absolute Gasteiger partial charge is 0.490 e. The van der Waals surface area contributed by atoms with Crippen LogP contribution in [0.2, 0.25) is 0 Å². The summed E-state index contributed by atoms with van der Waals surface area (Å²) >= 11 is 0. The van der Waals surface area contributed by atoms with Crippen LogP contribution in [0.25, 0.3) is 10.9 Å². The number of rotatable bonds is 8. The van der Waals surface area contributed by atoms with E-state index in [1.807, 2.05) is 26.0 Å². The average Bonchev–Trinajstić information content (AvgIpc) is 2.67. The van der Waals surface area contributed by atoms with Gasteiger partial charge in [0.05, 0.1) is 25.3 Å². The Morgan fingerprint density at radius 2 is 1.70 bits per heavy atom. The number of fused-ring (bicyclic) bond motifs is 1. The SMILES string of the molecule is CCOc1cc2nccc(NCc3nccc(C(F)F)n3)c2cc1OCC. The fourth-order valence-corrected chi connectivity index (χ4v) is 2.64. The topological polar surface area (TPSA) is 69.2 Å². The number of hydrogen-bond acceptors (Lipinski definition) is 6. The first kappa shape index (κ1) is 18.8. The molecule has 0 saturated carbocycles. The van der Waals surface area contributed by atoms with Gasteiger partial charge < -0.3 is 14.8 Å². The number of nitrogens with one attached hydrogen (secondary N) is 1. The van der Waals surface area contributed by atoms with Crippen LogP contribution in [0, 0.1) is 0 Å². The molecule has 6 nitrogen and oxygen atoms in total. The second-order valence-corrected chi connectivity index (χ2v) is 5.59. The van der Waals surface area contributed by atoms with Crippen molar-refractivity contribution >= 4 is 16.6 Å². The van der Waals surface area contributed by atoms with E-state index in [0.29, 0.717) is 24.7 Å². The Labute approximate surface area is 155 Å². The maximum absolute atomic E-state index is 12.8. The lowest BCUT2D eigenvalue weighted by molar-refractivity contribution is 0.145. The highest BCUT2D eigenvalue weighted by molar-refractivity contribution is 5.93. The molecule has 2 heterocycles. The number of hydrogen-bond donors (Lipinski definition) is 1. The lowest BCUT2D eigenvalue weighted by Gasteiger charge is -2.14. The van der Waals surface area contributed by atoms with E-state index < -0.39 is 6.43 Å². The van der Waals surface area contributed by atoms with E-state index in [1.54, 1.807) is 12.3 Å². The third-order valence-electron chi connectivity index (χ3n) is 3.79. The molecule has 142 valence electrons. The van der Waals surface area contributed by atoms with Crippen molar-refractivity contribution < 1.29 is 18.3 Å². The summed E-state index contributed by atoms with van der Waals surface area (Å²) in [5, 5.41) is 4.01. The van der Waals surface area contributed by atoms with Crippen LogP contribution < -0.4 is 14.8 Å². The predicted molar refractivity (Wildman–Crippen MR) is 98.4 cm³/mol. The number of aromatic nitrogens is 3. The monoisotopic (exact) mass is 374 g/mol. The molecule has 3 rings (SSSR count). The van der Waals surface area contributed by atoms with Crippen LogP contribution in [0.4, 0.5) is 14.5 Å². The number of nitrogens with zero attached hydrogens (tertiary/aromatic N) is 3. The van der Waals surface area contributed by atoms with Gasteiger partial charge in [0, 0.05) is 29.5 Å². The van der Waals surface area contributed by atoms with Gasteiger partial charge in [0.2, 0.25) is 0 Å². The highest BCUT2D eigenvalue weighted by atomic mass is 19.3. The quantitative estimate of drug-likeness (QED) is 0.631. The van der Waals surface area contributed by atoms with Crippen molar-refractivity contribution in [1.82, 2.24) is 15.0 Å². The molecule has 0 spiro atoms. The van der Waals surface area contributed by atoms with E-state index in [0.717, 1.165) is 16.6 Å². The summed E-state index contributed by atoms with van der Waals surface area (Å²) in [6.45, 7) is 5.02. The molecule has 0 amide bonds. The normalized spacial score (nSPS) is 11.0. The average molecular weight is 374 g/mol. The maximum Gasteiger partial charge on any atom is 0.280 e. The molecule has 0 aliphatic rings. The third-order valence-corrected chi connectivity index (χ3v) is 3.79. The zero-order valence-corrected chi connectivity index (χ0v) is 15.1. The molecule has 0 unspecified atom stereocenters. The minimum atomic E-state index is -2.63. The predicted octanol–water partition coefficient (Wildman–Crippen LogP) is 4.37. The van der Waals surface area contributed by atoms with Crippen LogP contribution in [-0.2, 0) is 6.54 Å². The Hall–Kier alpha value is -3.03. The number of anilines is 1. The van der Waals surface area contributed by atoms with Gasteiger partial charge in [0.25, 0.3) is 6.43 Å². The van der Waals surface area contributed by atoms with Crippen LogP contribution in [0.5, 0.6) is 11.5 Å². The van der Waals surface area contributed by atoms with Crippen molar-refractivity contribution in [2.75, 3.05) is 18.5 Å². The Kier molecular flexibility index (Phi) is 5.95. The Balaban J connectivity index is 1.90. The molecule has 1 aromatic carbocycles. The molecule has 0 saturated heterocycles. The van der Waals surface area contributed by atoms with E-state index in [4.69, 9.17) is 9.47 Å². The first-order valence-corrected chi connectivity index (χ1v) is 8.64. The first-order chi connectivity index (χ1) is 13.1. The zero-order valence-electron chi connectivity index (χ0n) is 15.1. The highest BCUT2D eigenvalue weighted by Crippen LogP contribution is 2.35. The van der Waals surface area contributed by atoms with Crippen LogP contribution in [0.15, 0.2) is 36.7 Å². The lowest BCUT2D eigenvalue weighted by atomic mass is 10.1. The number of halogens is 2. The Bertz CT molecular complexity index is 921. The molecule has 0 radical (unpaired) electrons. The summed E-state index contributed by atoms with van der Waals surface area (Å²) in [5.74, 6) is 1.54. The fraction of sp³-hybridized carbons (Fsp3) is 0.316. The van der Waals surface area contributed by atoms with Gasteiger partial charge in [0.15, 0.2) is 11.5 Å². The van der Waals surface area contributed by atoms with E-state index in [2.05, 4.69) is 20.3 Å². The van der Waals surface area contributed by atoms with Gasteiger partial charge >= 0.3 is 0 Å². The van der Waals surface area contributed by atoms with Crippen LogP contribution in [-0.4, -0.2) is 28.2 Å². The smallest absolute Gasteiger partial charge is 0.280 e. The zero-order chi connectivity index (χ0) is 19.2. The fourth-order valence-electron chi connectivity index (χ4n) is 2.64.